The molecule has 1 aliphatic carbocycles. The highest BCUT2D eigenvalue weighted by Crippen LogP contribution is 2.38. The lowest BCUT2D eigenvalue weighted by Gasteiger charge is -2.27. The summed E-state index contributed by atoms with van der Waals surface area (Å²) in [7, 11) is 0. The number of carbonyl (C=O) groups is 1. The standard InChI is InChI=1S/C9H13F3O/c10-9(11,12)8(6-13)7-4-2-1-3-5-7/h6-8H,1-5H2/t8-/m1/s1. The SMILES string of the molecule is O=C[C@H](C1CCCCC1)C(F)(F)F. The summed E-state index contributed by atoms with van der Waals surface area (Å²) >= 11 is 0. The van der Waals surface area contributed by atoms with Crippen LogP contribution in [0.15, 0.2) is 0 Å². The van der Waals surface area contributed by atoms with E-state index < -0.39 is 18.0 Å². The lowest BCUT2D eigenvalue weighted by atomic mass is 9.80. The van der Waals surface area contributed by atoms with E-state index in [9.17, 15) is 18.0 Å². The van der Waals surface area contributed by atoms with E-state index >= 15 is 0 Å². The third-order valence-electron chi connectivity index (χ3n) is 2.68. The minimum absolute atomic E-state index is 0.0655. The third-order valence-corrected chi connectivity index (χ3v) is 2.68. The summed E-state index contributed by atoms with van der Waals surface area (Å²) < 4.78 is 36.8. The Labute approximate surface area is 75.3 Å². The molecule has 0 radical (unpaired) electrons. The number of rotatable bonds is 2. The lowest BCUT2D eigenvalue weighted by molar-refractivity contribution is -0.187. The van der Waals surface area contributed by atoms with Crippen molar-refractivity contribution in [2.75, 3.05) is 0 Å². The summed E-state index contributed by atoms with van der Waals surface area (Å²) in [5.41, 5.74) is 0. The van der Waals surface area contributed by atoms with Gasteiger partial charge in [-0.25, -0.2) is 0 Å². The van der Waals surface area contributed by atoms with Gasteiger partial charge in [-0.05, 0) is 18.8 Å². The molecule has 0 aromatic rings. The highest BCUT2D eigenvalue weighted by atomic mass is 19.4. The Morgan fingerprint density at radius 1 is 1.15 bits per heavy atom. The number of hydrogen-bond donors (Lipinski definition) is 0. The van der Waals surface area contributed by atoms with Crippen molar-refractivity contribution in [3.8, 4) is 0 Å². The van der Waals surface area contributed by atoms with Crippen molar-refractivity contribution in [1.82, 2.24) is 0 Å². The predicted octanol–water partition coefficient (Wildman–Crippen LogP) is 2.94. The molecule has 0 N–H and O–H groups in total. The van der Waals surface area contributed by atoms with Gasteiger partial charge in [0.05, 0.1) is 0 Å². The van der Waals surface area contributed by atoms with Crippen LogP contribution in [0.1, 0.15) is 32.1 Å². The molecule has 0 saturated heterocycles. The average Bonchev–Trinajstić information content (AvgIpc) is 2.05. The first-order valence-corrected chi connectivity index (χ1v) is 4.57. The maximum absolute atomic E-state index is 12.3. The van der Waals surface area contributed by atoms with Crippen LogP contribution >= 0.6 is 0 Å². The molecule has 0 unspecified atom stereocenters. The molecule has 76 valence electrons. The van der Waals surface area contributed by atoms with E-state index in [0.717, 1.165) is 19.3 Å². The Morgan fingerprint density at radius 2 is 1.69 bits per heavy atom. The van der Waals surface area contributed by atoms with Gasteiger partial charge in [0.15, 0.2) is 0 Å². The minimum atomic E-state index is -4.34. The van der Waals surface area contributed by atoms with E-state index in [1.807, 2.05) is 0 Å². The van der Waals surface area contributed by atoms with Gasteiger partial charge in [0, 0.05) is 0 Å². The molecule has 4 heteroatoms. The molecule has 1 rings (SSSR count). The van der Waals surface area contributed by atoms with Crippen LogP contribution in [0.25, 0.3) is 0 Å². The van der Waals surface area contributed by atoms with Gasteiger partial charge in [-0.1, -0.05) is 19.3 Å². The lowest BCUT2D eigenvalue weighted by Crippen LogP contribution is -2.32. The number of aldehydes is 1. The molecular weight excluding hydrogens is 181 g/mol. The van der Waals surface area contributed by atoms with Crippen LogP contribution in [0.5, 0.6) is 0 Å². The summed E-state index contributed by atoms with van der Waals surface area (Å²) in [5.74, 6) is -2.20. The van der Waals surface area contributed by atoms with E-state index in [1.54, 1.807) is 0 Å². The van der Waals surface area contributed by atoms with Crippen LogP contribution in [-0.2, 0) is 4.79 Å². The third kappa shape index (κ3) is 2.71. The molecule has 0 aliphatic heterocycles. The maximum Gasteiger partial charge on any atom is 0.398 e. The van der Waals surface area contributed by atoms with Crippen LogP contribution < -0.4 is 0 Å². The molecule has 0 bridgehead atoms. The number of halogens is 3. The van der Waals surface area contributed by atoms with Gasteiger partial charge in [-0.15, -0.1) is 0 Å². The Hall–Kier alpha value is -0.540. The maximum atomic E-state index is 12.3. The normalized spacial score (nSPS) is 22.7. The van der Waals surface area contributed by atoms with Crippen LogP contribution in [0, 0.1) is 11.8 Å². The second-order valence-electron chi connectivity index (χ2n) is 3.60. The molecule has 0 aromatic heterocycles. The molecule has 1 fully saturated rings. The van der Waals surface area contributed by atoms with Gasteiger partial charge in [0.25, 0.3) is 0 Å². The molecule has 0 amide bonds. The van der Waals surface area contributed by atoms with Crippen molar-refractivity contribution in [3.63, 3.8) is 0 Å². The largest absolute Gasteiger partial charge is 0.398 e. The summed E-state index contributed by atoms with van der Waals surface area (Å²) in [5, 5.41) is 0. The smallest absolute Gasteiger partial charge is 0.303 e. The van der Waals surface area contributed by atoms with Crippen molar-refractivity contribution in [2.24, 2.45) is 11.8 Å². The fourth-order valence-electron chi connectivity index (χ4n) is 1.95. The molecule has 1 atom stereocenters. The highest BCUT2D eigenvalue weighted by Gasteiger charge is 2.44. The van der Waals surface area contributed by atoms with Gasteiger partial charge in [0.1, 0.15) is 12.2 Å². The molecule has 1 saturated carbocycles. The van der Waals surface area contributed by atoms with E-state index in [1.165, 1.54) is 0 Å². The Bertz CT molecular complexity index is 170. The molecule has 0 aromatic carbocycles. The summed E-state index contributed by atoms with van der Waals surface area (Å²) in [4.78, 5) is 10.3. The fourth-order valence-corrected chi connectivity index (χ4v) is 1.95. The van der Waals surface area contributed by atoms with Crippen molar-refractivity contribution < 1.29 is 18.0 Å². The van der Waals surface area contributed by atoms with Gasteiger partial charge in [-0.3, -0.25) is 0 Å². The first-order chi connectivity index (χ1) is 6.05. The predicted molar refractivity (Wildman–Crippen MR) is 42.2 cm³/mol. The Kier molecular flexibility index (Phi) is 3.33. The monoisotopic (exact) mass is 194 g/mol. The van der Waals surface area contributed by atoms with Crippen molar-refractivity contribution >= 4 is 6.29 Å². The molecule has 1 nitrogen and oxygen atoms in total. The second kappa shape index (κ2) is 4.11. The fraction of sp³-hybridized carbons (Fsp3) is 0.889. The Morgan fingerprint density at radius 3 is 2.08 bits per heavy atom. The quantitative estimate of drug-likeness (QED) is 0.617. The van der Waals surface area contributed by atoms with Crippen molar-refractivity contribution in [1.29, 1.82) is 0 Å². The number of carbonyl (C=O) groups excluding carboxylic acids is 1. The van der Waals surface area contributed by atoms with Crippen LogP contribution in [0.2, 0.25) is 0 Å². The van der Waals surface area contributed by atoms with E-state index in [0.29, 0.717) is 12.8 Å². The highest BCUT2D eigenvalue weighted by molar-refractivity contribution is 5.55. The molecule has 0 spiro atoms. The topological polar surface area (TPSA) is 17.1 Å². The van der Waals surface area contributed by atoms with Crippen LogP contribution in [-0.4, -0.2) is 12.5 Å². The minimum Gasteiger partial charge on any atom is -0.303 e. The number of hydrogen-bond acceptors (Lipinski definition) is 1. The van der Waals surface area contributed by atoms with Crippen molar-refractivity contribution in [3.05, 3.63) is 0 Å². The average molecular weight is 194 g/mol. The molecule has 13 heavy (non-hydrogen) atoms. The van der Waals surface area contributed by atoms with Gasteiger partial charge >= 0.3 is 6.18 Å². The van der Waals surface area contributed by atoms with Gasteiger partial charge in [-0.2, -0.15) is 13.2 Å². The van der Waals surface area contributed by atoms with Gasteiger partial charge in [0.2, 0.25) is 0 Å². The molecule has 0 heterocycles. The summed E-state index contributed by atoms with van der Waals surface area (Å²) in [6.45, 7) is 0. The zero-order valence-electron chi connectivity index (χ0n) is 7.31. The Balaban J connectivity index is 2.59. The van der Waals surface area contributed by atoms with Crippen molar-refractivity contribution in [2.45, 2.75) is 38.3 Å². The van der Waals surface area contributed by atoms with E-state index in [4.69, 9.17) is 0 Å². The molecular formula is C9H13F3O. The number of alkyl halides is 3. The van der Waals surface area contributed by atoms with Crippen LogP contribution in [0.3, 0.4) is 0 Å². The second-order valence-corrected chi connectivity index (χ2v) is 3.60. The summed E-state index contributed by atoms with van der Waals surface area (Å²) in [6, 6.07) is 0. The zero-order valence-corrected chi connectivity index (χ0v) is 7.31. The van der Waals surface area contributed by atoms with Crippen LogP contribution in [0.4, 0.5) is 13.2 Å². The molecule has 1 aliphatic rings. The van der Waals surface area contributed by atoms with E-state index in [-0.39, 0.29) is 6.29 Å². The van der Waals surface area contributed by atoms with E-state index in [2.05, 4.69) is 0 Å². The summed E-state index contributed by atoms with van der Waals surface area (Å²) in [6.07, 6.45) is -0.540. The van der Waals surface area contributed by atoms with Gasteiger partial charge < -0.3 is 4.79 Å². The zero-order chi connectivity index (χ0) is 9.90. The first-order valence-electron chi connectivity index (χ1n) is 4.57. The first kappa shape index (κ1) is 10.5.